The largest absolute Gasteiger partial charge is 0.395 e. The molecule has 1 saturated carbocycles. The summed E-state index contributed by atoms with van der Waals surface area (Å²) in [5.74, 6) is 0.847. The Hall–Kier alpha value is -0.340. The van der Waals surface area contributed by atoms with Crippen LogP contribution in [0.5, 0.6) is 0 Å². The lowest BCUT2D eigenvalue weighted by Crippen LogP contribution is -2.40. The van der Waals surface area contributed by atoms with Crippen molar-refractivity contribution in [1.29, 1.82) is 0 Å². The molecule has 0 aromatic rings. The van der Waals surface area contributed by atoms with Gasteiger partial charge in [-0.25, -0.2) is 0 Å². The first-order valence-electron chi connectivity index (χ1n) is 5.73. The molecule has 0 heterocycles. The zero-order valence-corrected chi connectivity index (χ0v) is 9.28. The third kappa shape index (κ3) is 3.43. The van der Waals surface area contributed by atoms with Gasteiger partial charge >= 0.3 is 0 Å². The van der Waals surface area contributed by atoms with Crippen molar-refractivity contribution in [3.63, 3.8) is 0 Å². The van der Waals surface area contributed by atoms with Crippen molar-refractivity contribution < 1.29 is 5.11 Å². The summed E-state index contributed by atoms with van der Waals surface area (Å²) < 4.78 is 0. The number of rotatable bonds is 5. The summed E-state index contributed by atoms with van der Waals surface area (Å²) in [7, 11) is 0. The summed E-state index contributed by atoms with van der Waals surface area (Å²) in [5, 5.41) is 8.98. The van der Waals surface area contributed by atoms with E-state index in [0.717, 1.165) is 19.0 Å². The van der Waals surface area contributed by atoms with Crippen LogP contribution in [-0.4, -0.2) is 35.7 Å². The second-order valence-electron chi connectivity index (χ2n) is 4.43. The van der Waals surface area contributed by atoms with E-state index in [-0.39, 0.29) is 6.61 Å². The minimum absolute atomic E-state index is 0.263. The van der Waals surface area contributed by atoms with Gasteiger partial charge in [0.2, 0.25) is 0 Å². The molecule has 0 spiro atoms. The van der Waals surface area contributed by atoms with Gasteiger partial charge in [-0.2, -0.15) is 0 Å². The molecular formula is C12H23NO. The Morgan fingerprint density at radius 3 is 2.86 bits per heavy atom. The van der Waals surface area contributed by atoms with Crippen LogP contribution in [0.4, 0.5) is 0 Å². The van der Waals surface area contributed by atoms with E-state index in [9.17, 15) is 0 Å². The molecule has 82 valence electrons. The Bertz CT molecular complexity index is 170. The van der Waals surface area contributed by atoms with Crippen LogP contribution in [-0.2, 0) is 0 Å². The van der Waals surface area contributed by atoms with Crippen molar-refractivity contribution in [1.82, 2.24) is 4.90 Å². The van der Waals surface area contributed by atoms with Crippen LogP contribution in [0.1, 0.15) is 32.6 Å². The van der Waals surface area contributed by atoms with Crippen molar-refractivity contribution in [3.05, 3.63) is 12.7 Å². The number of aliphatic hydroxyl groups is 1. The molecule has 1 fully saturated rings. The fourth-order valence-corrected chi connectivity index (χ4v) is 2.45. The van der Waals surface area contributed by atoms with Crippen molar-refractivity contribution >= 4 is 0 Å². The van der Waals surface area contributed by atoms with E-state index in [1.165, 1.54) is 25.7 Å². The van der Waals surface area contributed by atoms with Gasteiger partial charge in [-0.1, -0.05) is 25.8 Å². The standard InChI is InChI=1S/C12H23NO/c1-3-7-13(8-9-14)12-6-4-5-11(2)10-12/h3,11-12,14H,1,4-10H2,2H3. The van der Waals surface area contributed by atoms with Crippen LogP contribution in [0.3, 0.4) is 0 Å². The van der Waals surface area contributed by atoms with E-state index in [1.807, 2.05) is 6.08 Å². The fourth-order valence-electron chi connectivity index (χ4n) is 2.45. The van der Waals surface area contributed by atoms with Gasteiger partial charge in [0.15, 0.2) is 0 Å². The number of hydrogen-bond donors (Lipinski definition) is 1. The zero-order valence-electron chi connectivity index (χ0n) is 9.28. The molecule has 2 unspecified atom stereocenters. The molecule has 0 aliphatic heterocycles. The molecule has 0 aromatic heterocycles. The predicted molar refractivity (Wildman–Crippen MR) is 60.3 cm³/mol. The fraction of sp³-hybridized carbons (Fsp3) is 0.833. The van der Waals surface area contributed by atoms with Gasteiger partial charge in [-0.15, -0.1) is 6.58 Å². The van der Waals surface area contributed by atoms with Crippen molar-refractivity contribution in [2.24, 2.45) is 5.92 Å². The molecule has 2 atom stereocenters. The van der Waals surface area contributed by atoms with E-state index >= 15 is 0 Å². The minimum atomic E-state index is 0.263. The van der Waals surface area contributed by atoms with Crippen LogP contribution in [0.2, 0.25) is 0 Å². The van der Waals surface area contributed by atoms with E-state index in [2.05, 4.69) is 18.4 Å². The monoisotopic (exact) mass is 197 g/mol. The van der Waals surface area contributed by atoms with Gasteiger partial charge in [0.25, 0.3) is 0 Å². The van der Waals surface area contributed by atoms with Gasteiger partial charge < -0.3 is 5.11 Å². The number of hydrogen-bond acceptors (Lipinski definition) is 2. The van der Waals surface area contributed by atoms with E-state index in [0.29, 0.717) is 6.04 Å². The van der Waals surface area contributed by atoms with Crippen molar-refractivity contribution in [3.8, 4) is 0 Å². The van der Waals surface area contributed by atoms with Crippen LogP contribution in [0.15, 0.2) is 12.7 Å². The summed E-state index contributed by atoms with van der Waals surface area (Å²) in [4.78, 5) is 2.36. The first-order valence-corrected chi connectivity index (χ1v) is 5.73. The highest BCUT2D eigenvalue weighted by molar-refractivity contribution is 4.83. The molecule has 1 aliphatic rings. The van der Waals surface area contributed by atoms with Gasteiger partial charge in [-0.3, -0.25) is 4.90 Å². The number of aliphatic hydroxyl groups excluding tert-OH is 1. The normalized spacial score (nSPS) is 27.9. The quantitative estimate of drug-likeness (QED) is 0.682. The third-order valence-electron chi connectivity index (χ3n) is 3.18. The summed E-state index contributed by atoms with van der Waals surface area (Å²) in [6, 6.07) is 0.670. The zero-order chi connectivity index (χ0) is 10.4. The highest BCUT2D eigenvalue weighted by Gasteiger charge is 2.23. The molecule has 0 radical (unpaired) electrons. The Labute approximate surface area is 87.6 Å². The average Bonchev–Trinajstić information content (AvgIpc) is 2.17. The first kappa shape index (κ1) is 11.7. The average molecular weight is 197 g/mol. The highest BCUT2D eigenvalue weighted by atomic mass is 16.3. The number of nitrogens with zero attached hydrogens (tertiary/aromatic N) is 1. The molecule has 2 nitrogen and oxygen atoms in total. The lowest BCUT2D eigenvalue weighted by atomic mass is 9.86. The second-order valence-corrected chi connectivity index (χ2v) is 4.43. The van der Waals surface area contributed by atoms with Crippen molar-refractivity contribution in [2.45, 2.75) is 38.6 Å². The summed E-state index contributed by atoms with van der Waals surface area (Å²) in [5.41, 5.74) is 0. The lowest BCUT2D eigenvalue weighted by Gasteiger charge is -2.35. The van der Waals surface area contributed by atoms with Crippen LogP contribution >= 0.6 is 0 Å². The molecule has 1 rings (SSSR count). The summed E-state index contributed by atoms with van der Waals surface area (Å²) in [6.07, 6.45) is 7.23. The van der Waals surface area contributed by atoms with Gasteiger partial charge in [0, 0.05) is 19.1 Å². The molecule has 0 bridgehead atoms. The van der Waals surface area contributed by atoms with Gasteiger partial charge in [0.1, 0.15) is 0 Å². The predicted octanol–water partition coefficient (Wildman–Crippen LogP) is 2.05. The van der Waals surface area contributed by atoms with Gasteiger partial charge in [0.05, 0.1) is 6.61 Å². The lowest BCUT2D eigenvalue weighted by molar-refractivity contribution is 0.120. The van der Waals surface area contributed by atoms with E-state index in [1.54, 1.807) is 0 Å². The molecule has 1 aliphatic carbocycles. The first-order chi connectivity index (χ1) is 6.77. The maximum atomic E-state index is 8.98. The van der Waals surface area contributed by atoms with E-state index in [4.69, 9.17) is 5.11 Å². The smallest absolute Gasteiger partial charge is 0.0558 e. The molecule has 0 amide bonds. The van der Waals surface area contributed by atoms with Crippen molar-refractivity contribution in [2.75, 3.05) is 19.7 Å². The van der Waals surface area contributed by atoms with E-state index < -0.39 is 0 Å². The second kappa shape index (κ2) is 6.20. The molecular weight excluding hydrogens is 174 g/mol. The highest BCUT2D eigenvalue weighted by Crippen LogP contribution is 2.27. The topological polar surface area (TPSA) is 23.5 Å². The third-order valence-corrected chi connectivity index (χ3v) is 3.18. The minimum Gasteiger partial charge on any atom is -0.395 e. The summed E-state index contributed by atoms with van der Waals surface area (Å²) >= 11 is 0. The Balaban J connectivity index is 2.43. The van der Waals surface area contributed by atoms with Gasteiger partial charge in [-0.05, 0) is 18.8 Å². The maximum Gasteiger partial charge on any atom is 0.0558 e. The SMILES string of the molecule is C=CCN(CCO)C1CCCC(C)C1. The molecule has 0 aromatic carbocycles. The maximum absolute atomic E-state index is 8.98. The van der Waals surface area contributed by atoms with Crippen LogP contribution in [0.25, 0.3) is 0 Å². The molecule has 1 N–H and O–H groups in total. The Kier molecular flexibility index (Phi) is 5.20. The van der Waals surface area contributed by atoms with Crippen LogP contribution in [0, 0.1) is 5.92 Å². The summed E-state index contributed by atoms with van der Waals surface area (Å²) in [6.45, 7) is 8.08. The molecule has 2 heteroatoms. The molecule has 14 heavy (non-hydrogen) atoms. The Morgan fingerprint density at radius 1 is 1.50 bits per heavy atom. The Morgan fingerprint density at radius 2 is 2.29 bits per heavy atom. The van der Waals surface area contributed by atoms with Crippen LogP contribution < -0.4 is 0 Å². The molecule has 0 saturated heterocycles.